The van der Waals surface area contributed by atoms with Crippen LogP contribution in [-0.2, 0) is 0 Å². The van der Waals surface area contributed by atoms with E-state index in [-0.39, 0.29) is 5.91 Å². The molecule has 29 heavy (non-hydrogen) atoms. The monoisotopic (exact) mass is 392 g/mol. The molecule has 0 fully saturated rings. The Balaban J connectivity index is 1.47. The van der Waals surface area contributed by atoms with Gasteiger partial charge in [0.15, 0.2) is 11.5 Å². The molecule has 0 radical (unpaired) electrons. The van der Waals surface area contributed by atoms with E-state index in [9.17, 15) is 14.0 Å². The summed E-state index contributed by atoms with van der Waals surface area (Å²) in [6.07, 6.45) is 0. The number of anilines is 2. The summed E-state index contributed by atoms with van der Waals surface area (Å²) in [5.74, 6) is -0.0742. The number of hydrogen-bond donors (Lipinski definition) is 2. The first-order chi connectivity index (χ1) is 14.1. The second kappa shape index (κ2) is 8.02. The number of halogens is 1. The van der Waals surface area contributed by atoms with Crippen molar-refractivity contribution < 1.29 is 23.5 Å². The van der Waals surface area contributed by atoms with Gasteiger partial charge >= 0.3 is 0 Å². The minimum absolute atomic E-state index is 0.328. The van der Waals surface area contributed by atoms with Crippen LogP contribution in [0.3, 0.4) is 0 Å². The van der Waals surface area contributed by atoms with Crippen LogP contribution in [0.25, 0.3) is 0 Å². The van der Waals surface area contributed by atoms with Crippen LogP contribution >= 0.6 is 0 Å². The molecule has 1 aliphatic heterocycles. The van der Waals surface area contributed by atoms with Crippen LogP contribution in [0, 0.1) is 5.82 Å². The summed E-state index contributed by atoms with van der Waals surface area (Å²) in [5, 5.41) is 5.38. The van der Waals surface area contributed by atoms with Crippen LogP contribution < -0.4 is 20.1 Å². The van der Waals surface area contributed by atoms with E-state index in [1.54, 1.807) is 48.5 Å². The molecule has 0 unspecified atom stereocenters. The smallest absolute Gasteiger partial charge is 0.255 e. The number of amides is 2. The number of carbonyl (C=O) groups is 2. The van der Waals surface area contributed by atoms with Crippen LogP contribution in [0.5, 0.6) is 11.5 Å². The van der Waals surface area contributed by atoms with Gasteiger partial charge in [-0.1, -0.05) is 12.1 Å². The number of fused-ring (bicyclic) bond motifs is 1. The fraction of sp³-hybridized carbons (Fsp3) is 0.0909. The average molecular weight is 392 g/mol. The molecule has 4 rings (SSSR count). The first kappa shape index (κ1) is 18.5. The number of ether oxygens (including phenoxy) is 2. The summed E-state index contributed by atoms with van der Waals surface area (Å²) in [7, 11) is 0. The summed E-state index contributed by atoms with van der Waals surface area (Å²) >= 11 is 0. The third-order valence-electron chi connectivity index (χ3n) is 4.27. The van der Waals surface area contributed by atoms with Crippen molar-refractivity contribution in [3.63, 3.8) is 0 Å². The summed E-state index contributed by atoms with van der Waals surface area (Å²) in [6, 6.07) is 17.0. The summed E-state index contributed by atoms with van der Waals surface area (Å²) < 4.78 is 24.2. The van der Waals surface area contributed by atoms with Gasteiger partial charge in [0.2, 0.25) is 0 Å². The Morgan fingerprint density at radius 1 is 0.724 bits per heavy atom. The van der Waals surface area contributed by atoms with Crippen molar-refractivity contribution in [3.8, 4) is 11.5 Å². The molecule has 0 saturated heterocycles. The van der Waals surface area contributed by atoms with E-state index in [1.165, 1.54) is 18.2 Å². The van der Waals surface area contributed by atoms with Crippen LogP contribution in [0.2, 0.25) is 0 Å². The number of hydrogen-bond acceptors (Lipinski definition) is 4. The van der Waals surface area contributed by atoms with Crippen molar-refractivity contribution in [3.05, 3.63) is 83.7 Å². The highest BCUT2D eigenvalue weighted by Crippen LogP contribution is 2.31. The molecule has 0 atom stereocenters. The van der Waals surface area contributed by atoms with E-state index in [0.29, 0.717) is 47.2 Å². The van der Waals surface area contributed by atoms with Crippen LogP contribution in [-0.4, -0.2) is 25.0 Å². The molecule has 2 amide bonds. The minimum atomic E-state index is -0.441. The highest BCUT2D eigenvalue weighted by atomic mass is 19.1. The number of carbonyl (C=O) groups excluding carboxylic acids is 2. The Kier molecular flexibility index (Phi) is 5.11. The van der Waals surface area contributed by atoms with Crippen molar-refractivity contribution >= 4 is 23.2 Å². The van der Waals surface area contributed by atoms with Crippen molar-refractivity contribution in [2.75, 3.05) is 23.8 Å². The molecular formula is C22H17FN2O4. The van der Waals surface area contributed by atoms with Gasteiger partial charge in [-0.3, -0.25) is 9.59 Å². The Bertz CT molecular complexity index is 1080. The molecular weight excluding hydrogens is 375 g/mol. The molecule has 3 aromatic rings. The van der Waals surface area contributed by atoms with Crippen LogP contribution in [0.4, 0.5) is 15.8 Å². The lowest BCUT2D eigenvalue weighted by Gasteiger charge is -2.18. The third kappa shape index (κ3) is 4.35. The normalized spacial score (nSPS) is 12.2. The SMILES string of the molecule is O=C(Nc1cccc(F)c1)c1cccc(NC(=O)c2ccc3c(c2)OCCO3)c1. The van der Waals surface area contributed by atoms with Crippen molar-refractivity contribution in [2.24, 2.45) is 0 Å². The van der Waals surface area contributed by atoms with E-state index in [4.69, 9.17) is 9.47 Å². The molecule has 0 aromatic heterocycles. The minimum Gasteiger partial charge on any atom is -0.486 e. The van der Waals surface area contributed by atoms with E-state index in [0.717, 1.165) is 0 Å². The standard InChI is InChI=1S/C22H17FN2O4/c23-16-4-2-6-18(13-16)25-21(26)14-3-1-5-17(11-14)24-22(27)15-7-8-19-20(12-15)29-10-9-28-19/h1-8,11-13H,9-10H2,(H,24,27)(H,25,26). The third-order valence-corrected chi connectivity index (χ3v) is 4.27. The first-order valence-corrected chi connectivity index (χ1v) is 8.96. The van der Waals surface area contributed by atoms with E-state index in [2.05, 4.69) is 10.6 Å². The zero-order chi connectivity index (χ0) is 20.2. The average Bonchev–Trinajstić information content (AvgIpc) is 2.73. The Morgan fingerprint density at radius 2 is 1.34 bits per heavy atom. The molecule has 7 heteroatoms. The fourth-order valence-corrected chi connectivity index (χ4v) is 2.90. The first-order valence-electron chi connectivity index (χ1n) is 8.96. The van der Waals surface area contributed by atoms with Crippen molar-refractivity contribution in [1.82, 2.24) is 0 Å². The number of nitrogens with one attached hydrogen (secondary N) is 2. The molecule has 6 nitrogen and oxygen atoms in total. The molecule has 1 aliphatic rings. The van der Waals surface area contributed by atoms with E-state index < -0.39 is 11.7 Å². The van der Waals surface area contributed by atoms with Crippen LogP contribution in [0.15, 0.2) is 66.7 Å². The van der Waals surface area contributed by atoms with E-state index in [1.807, 2.05) is 0 Å². The molecule has 146 valence electrons. The van der Waals surface area contributed by atoms with Gasteiger partial charge in [-0.2, -0.15) is 0 Å². The lowest BCUT2D eigenvalue weighted by atomic mass is 10.1. The second-order valence-corrected chi connectivity index (χ2v) is 6.36. The second-order valence-electron chi connectivity index (χ2n) is 6.36. The summed E-state index contributed by atoms with van der Waals surface area (Å²) in [5.41, 5.74) is 1.54. The molecule has 2 N–H and O–H groups in total. The fourth-order valence-electron chi connectivity index (χ4n) is 2.90. The van der Waals surface area contributed by atoms with Gasteiger partial charge in [0.25, 0.3) is 11.8 Å². The largest absolute Gasteiger partial charge is 0.486 e. The maximum atomic E-state index is 13.3. The van der Waals surface area contributed by atoms with Gasteiger partial charge < -0.3 is 20.1 Å². The van der Waals surface area contributed by atoms with Gasteiger partial charge in [-0.25, -0.2) is 4.39 Å². The van der Waals surface area contributed by atoms with Gasteiger partial charge in [0.05, 0.1) is 0 Å². The maximum absolute atomic E-state index is 13.3. The topological polar surface area (TPSA) is 76.7 Å². The maximum Gasteiger partial charge on any atom is 0.255 e. The van der Waals surface area contributed by atoms with E-state index >= 15 is 0 Å². The van der Waals surface area contributed by atoms with Crippen molar-refractivity contribution in [2.45, 2.75) is 0 Å². The lowest BCUT2D eigenvalue weighted by Crippen LogP contribution is -2.17. The lowest BCUT2D eigenvalue weighted by molar-refractivity contribution is 0.101. The zero-order valence-corrected chi connectivity index (χ0v) is 15.3. The van der Waals surface area contributed by atoms with Gasteiger partial charge in [0.1, 0.15) is 19.0 Å². The number of benzene rings is 3. The zero-order valence-electron chi connectivity index (χ0n) is 15.3. The Hall–Kier alpha value is -3.87. The quantitative estimate of drug-likeness (QED) is 0.701. The Labute approximate surface area is 166 Å². The van der Waals surface area contributed by atoms with Gasteiger partial charge in [-0.05, 0) is 54.6 Å². The Morgan fingerprint density at radius 3 is 2.07 bits per heavy atom. The summed E-state index contributed by atoms with van der Waals surface area (Å²) in [6.45, 7) is 0.906. The number of rotatable bonds is 4. The molecule has 3 aromatic carbocycles. The van der Waals surface area contributed by atoms with Gasteiger partial charge in [0, 0.05) is 22.5 Å². The molecule has 0 saturated carbocycles. The van der Waals surface area contributed by atoms with Gasteiger partial charge in [-0.15, -0.1) is 0 Å². The molecule has 0 aliphatic carbocycles. The predicted octanol–water partition coefficient (Wildman–Crippen LogP) is 4.10. The van der Waals surface area contributed by atoms with Crippen molar-refractivity contribution in [1.29, 1.82) is 0 Å². The molecule has 0 bridgehead atoms. The summed E-state index contributed by atoms with van der Waals surface area (Å²) in [4.78, 5) is 25.0. The highest BCUT2D eigenvalue weighted by Gasteiger charge is 2.15. The molecule has 0 spiro atoms. The molecule has 1 heterocycles. The van der Waals surface area contributed by atoms with Crippen LogP contribution in [0.1, 0.15) is 20.7 Å². The predicted molar refractivity (Wildman–Crippen MR) is 106 cm³/mol. The highest BCUT2D eigenvalue weighted by molar-refractivity contribution is 6.07.